The summed E-state index contributed by atoms with van der Waals surface area (Å²) in [5.41, 5.74) is 19.9. The molecule has 8 heteroatoms. The first-order valence-electron chi connectivity index (χ1n) is 3.33. The fourth-order valence-corrected chi connectivity index (χ4v) is 0.460. The summed E-state index contributed by atoms with van der Waals surface area (Å²) in [7, 11) is 0. The van der Waals surface area contributed by atoms with Gasteiger partial charge in [-0.1, -0.05) is 0 Å². The van der Waals surface area contributed by atoms with E-state index < -0.39 is 31.1 Å². The van der Waals surface area contributed by atoms with Crippen LogP contribution in [-0.2, 0) is 19.1 Å². The third-order valence-corrected chi connectivity index (χ3v) is 0.880. The Labute approximate surface area is 74.1 Å². The van der Waals surface area contributed by atoms with Gasteiger partial charge in [0.15, 0.2) is 0 Å². The van der Waals surface area contributed by atoms with Gasteiger partial charge in [-0.3, -0.25) is 9.59 Å². The minimum absolute atomic E-state index is 0.420. The Morgan fingerprint density at radius 1 is 1.00 bits per heavy atom. The number of rotatable bonds is 4. The van der Waals surface area contributed by atoms with Gasteiger partial charge < -0.3 is 20.9 Å². The van der Waals surface area contributed by atoms with Gasteiger partial charge in [-0.25, -0.2) is 11.5 Å². The SMILES string of the molecule is NCC(=O)OC(N)(N)OC(=O)CN. The van der Waals surface area contributed by atoms with Crippen LogP contribution in [0.15, 0.2) is 0 Å². The molecule has 0 rings (SSSR count). The van der Waals surface area contributed by atoms with Crippen molar-refractivity contribution in [2.45, 2.75) is 6.03 Å². The fraction of sp³-hybridized carbons (Fsp3) is 0.600. The van der Waals surface area contributed by atoms with Gasteiger partial charge in [0.1, 0.15) is 0 Å². The van der Waals surface area contributed by atoms with Crippen LogP contribution < -0.4 is 22.9 Å². The molecule has 0 amide bonds. The van der Waals surface area contributed by atoms with Gasteiger partial charge in [-0.2, -0.15) is 0 Å². The highest BCUT2D eigenvalue weighted by Crippen LogP contribution is 1.97. The van der Waals surface area contributed by atoms with Crippen LogP contribution in [0.2, 0.25) is 0 Å². The lowest BCUT2D eigenvalue weighted by Crippen LogP contribution is -2.57. The van der Waals surface area contributed by atoms with E-state index >= 15 is 0 Å². The van der Waals surface area contributed by atoms with E-state index in [2.05, 4.69) is 9.47 Å². The monoisotopic (exact) mass is 192 g/mol. The van der Waals surface area contributed by atoms with Gasteiger partial charge in [0.05, 0.1) is 13.1 Å². The Hall–Kier alpha value is -1.22. The molecule has 0 unspecified atom stereocenters. The van der Waals surface area contributed by atoms with Crippen molar-refractivity contribution in [1.29, 1.82) is 0 Å². The van der Waals surface area contributed by atoms with E-state index in [0.29, 0.717) is 0 Å². The molecule has 0 aromatic rings. The topological polar surface area (TPSA) is 157 Å². The largest absolute Gasteiger partial charge is 0.394 e. The van der Waals surface area contributed by atoms with Gasteiger partial charge in [-0.15, -0.1) is 0 Å². The highest BCUT2D eigenvalue weighted by atomic mass is 16.8. The van der Waals surface area contributed by atoms with Crippen LogP contribution >= 0.6 is 0 Å². The standard InChI is InChI=1S/C5H12N4O4/c6-1-3(10)12-5(8,9)13-4(11)2-7/h1-2,6-9H2. The Kier molecular flexibility index (Phi) is 4.28. The van der Waals surface area contributed by atoms with E-state index in [9.17, 15) is 9.59 Å². The second-order valence-corrected chi connectivity index (χ2v) is 2.08. The first kappa shape index (κ1) is 11.8. The van der Waals surface area contributed by atoms with E-state index in [1.54, 1.807) is 0 Å². The van der Waals surface area contributed by atoms with Crippen molar-refractivity contribution in [2.75, 3.05) is 13.1 Å². The summed E-state index contributed by atoms with van der Waals surface area (Å²) in [6.45, 7) is -0.841. The molecule has 0 aliphatic heterocycles. The average molecular weight is 192 g/mol. The number of hydrogen-bond donors (Lipinski definition) is 4. The van der Waals surface area contributed by atoms with Gasteiger partial charge in [0.25, 0.3) is 0 Å². The smallest absolute Gasteiger partial charge is 0.380 e. The van der Waals surface area contributed by atoms with Crippen LogP contribution in [0.3, 0.4) is 0 Å². The highest BCUT2D eigenvalue weighted by molar-refractivity contribution is 5.73. The maximum absolute atomic E-state index is 10.6. The van der Waals surface area contributed by atoms with E-state index in [4.69, 9.17) is 22.9 Å². The predicted molar refractivity (Wildman–Crippen MR) is 41.4 cm³/mol. The molecular formula is C5H12N4O4. The summed E-state index contributed by atoms with van der Waals surface area (Å²) in [5, 5.41) is 0. The lowest BCUT2D eigenvalue weighted by molar-refractivity contribution is -0.223. The van der Waals surface area contributed by atoms with Crippen molar-refractivity contribution in [3.8, 4) is 0 Å². The number of esters is 2. The second kappa shape index (κ2) is 4.72. The molecule has 0 saturated heterocycles. The van der Waals surface area contributed by atoms with E-state index in [0.717, 1.165) is 0 Å². The molecule has 8 N–H and O–H groups in total. The van der Waals surface area contributed by atoms with Crippen molar-refractivity contribution in [1.82, 2.24) is 0 Å². The van der Waals surface area contributed by atoms with Crippen LogP contribution in [0.4, 0.5) is 0 Å². The number of nitrogens with two attached hydrogens (primary N) is 4. The summed E-state index contributed by atoms with van der Waals surface area (Å²) in [4.78, 5) is 21.1. The first-order chi connectivity index (χ1) is 5.91. The van der Waals surface area contributed by atoms with E-state index in [-0.39, 0.29) is 0 Å². The zero-order chi connectivity index (χ0) is 10.5. The molecule has 0 fully saturated rings. The lowest BCUT2D eigenvalue weighted by Gasteiger charge is -2.22. The lowest BCUT2D eigenvalue weighted by atomic mass is 10.6. The number of carbonyl (C=O) groups is 2. The van der Waals surface area contributed by atoms with Crippen LogP contribution in [0.1, 0.15) is 0 Å². The normalized spacial score (nSPS) is 10.8. The molecule has 0 aliphatic rings. The second-order valence-electron chi connectivity index (χ2n) is 2.08. The van der Waals surface area contributed by atoms with Crippen LogP contribution in [0.5, 0.6) is 0 Å². The van der Waals surface area contributed by atoms with Crippen molar-refractivity contribution < 1.29 is 19.1 Å². The van der Waals surface area contributed by atoms with Gasteiger partial charge in [0.2, 0.25) is 0 Å². The van der Waals surface area contributed by atoms with E-state index in [1.807, 2.05) is 0 Å². The molecule has 0 aliphatic carbocycles. The third kappa shape index (κ3) is 5.09. The Balaban J connectivity index is 4.07. The number of hydrogen-bond acceptors (Lipinski definition) is 8. The highest BCUT2D eigenvalue weighted by Gasteiger charge is 2.28. The van der Waals surface area contributed by atoms with Gasteiger partial charge >= 0.3 is 18.0 Å². The summed E-state index contributed by atoms with van der Waals surface area (Å²) >= 11 is 0. The third-order valence-electron chi connectivity index (χ3n) is 0.880. The minimum atomic E-state index is -2.31. The quantitative estimate of drug-likeness (QED) is 0.264. The van der Waals surface area contributed by atoms with Crippen molar-refractivity contribution in [3.63, 3.8) is 0 Å². The molecule has 76 valence electrons. The molecule has 13 heavy (non-hydrogen) atoms. The summed E-state index contributed by atoms with van der Waals surface area (Å²) in [5.74, 6) is -1.79. The van der Waals surface area contributed by atoms with Crippen molar-refractivity contribution in [3.05, 3.63) is 0 Å². The Bertz CT molecular complexity index is 185. The van der Waals surface area contributed by atoms with Crippen LogP contribution in [0, 0.1) is 0 Å². The van der Waals surface area contributed by atoms with Crippen LogP contribution in [-0.4, -0.2) is 31.1 Å². The number of ether oxygens (including phenoxy) is 2. The Morgan fingerprint density at radius 3 is 1.54 bits per heavy atom. The molecule has 8 nitrogen and oxygen atoms in total. The number of carbonyl (C=O) groups excluding carboxylic acids is 2. The Morgan fingerprint density at radius 2 is 1.31 bits per heavy atom. The van der Waals surface area contributed by atoms with Crippen molar-refractivity contribution in [2.24, 2.45) is 22.9 Å². The summed E-state index contributed by atoms with van der Waals surface area (Å²) < 4.78 is 8.50. The molecule has 0 saturated carbocycles. The summed E-state index contributed by atoms with van der Waals surface area (Å²) in [6, 6.07) is -2.31. The average Bonchev–Trinajstić information content (AvgIpc) is 2.02. The van der Waals surface area contributed by atoms with Gasteiger partial charge in [0, 0.05) is 0 Å². The molecule has 0 atom stereocenters. The zero-order valence-electron chi connectivity index (χ0n) is 6.86. The molecule has 0 spiro atoms. The predicted octanol–water partition coefficient (Wildman–Crippen LogP) is -3.48. The molecule has 0 aromatic carbocycles. The van der Waals surface area contributed by atoms with Crippen LogP contribution in [0.25, 0.3) is 0 Å². The minimum Gasteiger partial charge on any atom is -0.394 e. The molecular weight excluding hydrogens is 180 g/mol. The molecule has 0 aromatic heterocycles. The first-order valence-corrected chi connectivity index (χ1v) is 3.33. The van der Waals surface area contributed by atoms with Gasteiger partial charge in [-0.05, 0) is 0 Å². The molecule has 0 heterocycles. The summed E-state index contributed by atoms with van der Waals surface area (Å²) in [6.07, 6.45) is 0. The molecule has 0 radical (unpaired) electrons. The maximum atomic E-state index is 10.6. The molecule has 0 bridgehead atoms. The fourth-order valence-electron chi connectivity index (χ4n) is 0.460. The van der Waals surface area contributed by atoms with E-state index in [1.165, 1.54) is 0 Å². The van der Waals surface area contributed by atoms with Crippen molar-refractivity contribution >= 4 is 11.9 Å². The zero-order valence-corrected chi connectivity index (χ0v) is 6.86. The maximum Gasteiger partial charge on any atom is 0.380 e.